The zero-order chi connectivity index (χ0) is 16.4. The monoisotopic (exact) mass is 311 g/mol. The first-order chi connectivity index (χ1) is 11.0. The van der Waals surface area contributed by atoms with Gasteiger partial charge in [-0.25, -0.2) is 0 Å². The van der Waals surface area contributed by atoms with Crippen LogP contribution in [-0.4, -0.2) is 25.9 Å². The van der Waals surface area contributed by atoms with E-state index < -0.39 is 0 Å². The van der Waals surface area contributed by atoms with Crippen LogP contribution in [0.3, 0.4) is 0 Å². The lowest BCUT2D eigenvalue weighted by Gasteiger charge is -2.06. The van der Waals surface area contributed by atoms with Gasteiger partial charge in [0.05, 0.1) is 6.42 Å². The lowest BCUT2D eigenvalue weighted by atomic mass is 10.0. The first kappa shape index (κ1) is 15.0. The molecule has 23 heavy (non-hydrogen) atoms. The topological polar surface area (TPSA) is 85.8 Å². The highest BCUT2D eigenvalue weighted by molar-refractivity contribution is 5.90. The van der Waals surface area contributed by atoms with Crippen LogP contribution in [0.1, 0.15) is 16.7 Å². The Bertz CT molecular complexity index is 850. The van der Waals surface area contributed by atoms with Gasteiger partial charge in [0.25, 0.3) is 5.89 Å². The van der Waals surface area contributed by atoms with Crippen LogP contribution in [0, 0.1) is 13.8 Å². The summed E-state index contributed by atoms with van der Waals surface area (Å²) in [4.78, 5) is 12.2. The number of rotatable bonds is 4. The number of anilines is 1. The second kappa shape index (κ2) is 6.04. The molecule has 0 saturated carbocycles. The Balaban J connectivity index is 1.70. The van der Waals surface area contributed by atoms with E-state index in [2.05, 4.69) is 20.6 Å². The number of nitrogens with one attached hydrogen (secondary N) is 1. The minimum Gasteiger partial charge on any atom is -0.401 e. The van der Waals surface area contributed by atoms with Crippen molar-refractivity contribution in [2.24, 2.45) is 7.05 Å². The van der Waals surface area contributed by atoms with Crippen molar-refractivity contribution < 1.29 is 9.21 Å². The van der Waals surface area contributed by atoms with Crippen molar-refractivity contribution in [3.8, 4) is 11.6 Å². The van der Waals surface area contributed by atoms with Crippen LogP contribution in [0.4, 0.5) is 6.01 Å². The van der Waals surface area contributed by atoms with Gasteiger partial charge in [-0.2, -0.15) is 5.10 Å². The zero-order valence-corrected chi connectivity index (χ0v) is 13.2. The number of nitrogens with zero attached hydrogens (tertiary/aromatic N) is 4. The maximum atomic E-state index is 12.2. The number of carbonyl (C=O) groups excluding carboxylic acids is 1. The van der Waals surface area contributed by atoms with Crippen LogP contribution in [0.25, 0.3) is 11.6 Å². The van der Waals surface area contributed by atoms with Crippen molar-refractivity contribution >= 4 is 11.9 Å². The summed E-state index contributed by atoms with van der Waals surface area (Å²) < 4.78 is 7.08. The van der Waals surface area contributed by atoms with E-state index in [4.69, 9.17) is 4.42 Å². The van der Waals surface area contributed by atoms with Crippen LogP contribution in [0.15, 0.2) is 34.9 Å². The van der Waals surface area contributed by atoms with Crippen molar-refractivity contribution in [1.29, 1.82) is 0 Å². The smallest absolute Gasteiger partial charge is 0.322 e. The lowest BCUT2D eigenvalue weighted by Crippen LogP contribution is -2.15. The zero-order valence-electron chi connectivity index (χ0n) is 13.2. The molecule has 0 aliphatic carbocycles. The van der Waals surface area contributed by atoms with Crippen LogP contribution >= 0.6 is 0 Å². The Hall–Kier alpha value is -2.96. The normalized spacial score (nSPS) is 10.7. The van der Waals surface area contributed by atoms with E-state index in [1.807, 2.05) is 32.0 Å². The molecule has 0 spiro atoms. The molecule has 0 unspecified atom stereocenters. The molecular weight excluding hydrogens is 294 g/mol. The van der Waals surface area contributed by atoms with Crippen LogP contribution < -0.4 is 5.32 Å². The van der Waals surface area contributed by atoms with Gasteiger partial charge in [0, 0.05) is 13.2 Å². The maximum absolute atomic E-state index is 12.2. The van der Waals surface area contributed by atoms with Crippen molar-refractivity contribution in [3.63, 3.8) is 0 Å². The fourth-order valence-electron chi connectivity index (χ4n) is 2.29. The standard InChI is InChI=1S/C16H17N5O2/c1-10-4-5-11(2)12(8-10)9-14(22)18-16-20-19-15(23-16)13-6-7-17-21(13)3/h4-8H,9H2,1-3H3,(H,18,20,22). The average molecular weight is 311 g/mol. The van der Waals surface area contributed by atoms with Crippen LogP contribution in [0.5, 0.6) is 0 Å². The maximum Gasteiger partial charge on any atom is 0.322 e. The van der Waals surface area contributed by atoms with E-state index in [1.54, 1.807) is 24.0 Å². The van der Waals surface area contributed by atoms with E-state index in [0.29, 0.717) is 11.6 Å². The Labute approximate surface area is 133 Å². The molecule has 1 aromatic carbocycles. The van der Waals surface area contributed by atoms with Gasteiger partial charge in [0.2, 0.25) is 5.91 Å². The van der Waals surface area contributed by atoms with Gasteiger partial charge < -0.3 is 4.42 Å². The Morgan fingerprint density at radius 1 is 1.26 bits per heavy atom. The van der Waals surface area contributed by atoms with Crippen LogP contribution in [-0.2, 0) is 18.3 Å². The molecule has 0 atom stereocenters. The summed E-state index contributed by atoms with van der Waals surface area (Å²) in [6.45, 7) is 3.98. The van der Waals surface area contributed by atoms with Crippen molar-refractivity contribution in [2.75, 3.05) is 5.32 Å². The molecule has 3 aromatic rings. The Morgan fingerprint density at radius 2 is 2.09 bits per heavy atom. The lowest BCUT2D eigenvalue weighted by molar-refractivity contribution is -0.115. The first-order valence-electron chi connectivity index (χ1n) is 7.21. The van der Waals surface area contributed by atoms with Gasteiger partial charge in [-0.3, -0.25) is 14.8 Å². The molecule has 7 heteroatoms. The fourth-order valence-corrected chi connectivity index (χ4v) is 2.29. The highest BCUT2D eigenvalue weighted by Crippen LogP contribution is 2.19. The molecule has 0 aliphatic heterocycles. The van der Waals surface area contributed by atoms with Gasteiger partial charge in [0.1, 0.15) is 5.69 Å². The van der Waals surface area contributed by atoms with E-state index in [-0.39, 0.29) is 18.3 Å². The fraction of sp³-hybridized carbons (Fsp3) is 0.250. The minimum atomic E-state index is -0.195. The van der Waals surface area contributed by atoms with Crippen molar-refractivity contribution in [1.82, 2.24) is 20.0 Å². The third kappa shape index (κ3) is 3.28. The summed E-state index contributed by atoms with van der Waals surface area (Å²) >= 11 is 0. The molecule has 0 radical (unpaired) electrons. The predicted octanol–water partition coefficient (Wildman–Crippen LogP) is 2.27. The number of amides is 1. The van der Waals surface area contributed by atoms with Gasteiger partial charge in [-0.05, 0) is 31.0 Å². The first-order valence-corrected chi connectivity index (χ1v) is 7.21. The highest BCUT2D eigenvalue weighted by Gasteiger charge is 2.14. The van der Waals surface area contributed by atoms with Gasteiger partial charge in [-0.15, -0.1) is 5.10 Å². The molecule has 7 nitrogen and oxygen atoms in total. The highest BCUT2D eigenvalue weighted by atomic mass is 16.4. The number of aryl methyl sites for hydroxylation is 3. The van der Waals surface area contributed by atoms with Gasteiger partial charge >= 0.3 is 6.01 Å². The molecule has 118 valence electrons. The Kier molecular flexibility index (Phi) is 3.92. The number of aromatic nitrogens is 4. The molecule has 1 amide bonds. The molecule has 0 fully saturated rings. The SMILES string of the molecule is Cc1ccc(C)c(CC(=O)Nc2nnc(-c3ccnn3C)o2)c1. The van der Waals surface area contributed by atoms with Gasteiger partial charge in [-0.1, -0.05) is 28.9 Å². The molecule has 0 aliphatic rings. The third-order valence-corrected chi connectivity index (χ3v) is 3.57. The van der Waals surface area contributed by atoms with Crippen molar-refractivity contribution in [3.05, 3.63) is 47.2 Å². The molecule has 2 aromatic heterocycles. The van der Waals surface area contributed by atoms with E-state index >= 15 is 0 Å². The Morgan fingerprint density at radius 3 is 2.83 bits per heavy atom. The summed E-state index contributed by atoms with van der Waals surface area (Å²) in [5, 5.41) is 14.4. The van der Waals surface area contributed by atoms with E-state index in [0.717, 1.165) is 16.7 Å². The quantitative estimate of drug-likeness (QED) is 0.799. The molecular formula is C16H17N5O2. The largest absolute Gasteiger partial charge is 0.401 e. The summed E-state index contributed by atoms with van der Waals surface area (Å²) in [5.74, 6) is 0.117. The second-order valence-electron chi connectivity index (χ2n) is 5.41. The molecule has 2 heterocycles. The van der Waals surface area contributed by atoms with E-state index in [9.17, 15) is 4.79 Å². The number of benzene rings is 1. The molecule has 0 bridgehead atoms. The summed E-state index contributed by atoms with van der Waals surface area (Å²) in [6.07, 6.45) is 1.90. The number of hydrogen-bond acceptors (Lipinski definition) is 5. The van der Waals surface area contributed by atoms with Crippen molar-refractivity contribution in [2.45, 2.75) is 20.3 Å². The second-order valence-corrected chi connectivity index (χ2v) is 5.41. The van der Waals surface area contributed by atoms with E-state index in [1.165, 1.54) is 0 Å². The van der Waals surface area contributed by atoms with Gasteiger partial charge in [0.15, 0.2) is 0 Å². The molecule has 3 rings (SSSR count). The molecule has 1 N–H and O–H groups in total. The number of hydrogen-bond donors (Lipinski definition) is 1. The third-order valence-electron chi connectivity index (χ3n) is 3.57. The molecule has 0 saturated heterocycles. The summed E-state index contributed by atoms with van der Waals surface area (Å²) in [7, 11) is 1.78. The average Bonchev–Trinajstić information content (AvgIpc) is 3.11. The summed E-state index contributed by atoms with van der Waals surface area (Å²) in [5.41, 5.74) is 3.86. The summed E-state index contributed by atoms with van der Waals surface area (Å²) in [6, 6.07) is 7.87. The number of carbonyl (C=O) groups is 1. The van der Waals surface area contributed by atoms with Crippen LogP contribution in [0.2, 0.25) is 0 Å². The minimum absolute atomic E-state index is 0.0801. The predicted molar refractivity (Wildman–Crippen MR) is 84.7 cm³/mol.